The Morgan fingerprint density at radius 3 is 2.43 bits per heavy atom. The molecule has 0 radical (unpaired) electrons. The van der Waals surface area contributed by atoms with Crippen molar-refractivity contribution in [2.24, 2.45) is 0 Å². The topological polar surface area (TPSA) is 29.5 Å². The van der Waals surface area contributed by atoms with E-state index in [1.807, 2.05) is 31.4 Å². The number of hydroxylamine groups is 3. The van der Waals surface area contributed by atoms with E-state index in [9.17, 15) is 4.79 Å². The number of piperazine rings is 1. The van der Waals surface area contributed by atoms with Crippen molar-refractivity contribution in [1.82, 2.24) is 0 Å². The summed E-state index contributed by atoms with van der Waals surface area (Å²) in [5, 5.41) is 2.13. The Morgan fingerprint density at radius 1 is 1.04 bits per heavy atom. The summed E-state index contributed by atoms with van der Waals surface area (Å²) < 4.78 is 0.630. The van der Waals surface area contributed by atoms with Gasteiger partial charge in [0.2, 0.25) is 0 Å². The van der Waals surface area contributed by atoms with Gasteiger partial charge in [-0.25, -0.2) is 4.84 Å². The molecule has 144 valence electrons. The van der Waals surface area contributed by atoms with Gasteiger partial charge in [0, 0.05) is 27.3 Å². The predicted octanol–water partition coefficient (Wildman–Crippen LogP) is 4.63. The summed E-state index contributed by atoms with van der Waals surface area (Å²) in [6, 6.07) is 20.8. The molecule has 2 aromatic carbocycles. The van der Waals surface area contributed by atoms with Crippen molar-refractivity contribution in [3.05, 3.63) is 77.2 Å². The molecule has 4 rings (SSSR count). The quantitative estimate of drug-likeness (QED) is 0.452. The number of rotatable bonds is 6. The van der Waals surface area contributed by atoms with Gasteiger partial charge in [0.25, 0.3) is 0 Å². The zero-order chi connectivity index (χ0) is 19.4. The Morgan fingerprint density at radius 2 is 1.79 bits per heavy atom. The van der Waals surface area contributed by atoms with Gasteiger partial charge in [-0.2, -0.15) is 4.65 Å². The SMILES string of the molecule is CO[N+]1(Cc2ccccc2-c2cccs2)CCN(c2ccc(C=O)cc2)CC1. The molecule has 0 unspecified atom stereocenters. The number of carbonyl (C=O) groups is 1. The first-order valence-electron chi connectivity index (χ1n) is 9.57. The largest absolute Gasteiger partial charge is 0.360 e. The lowest BCUT2D eigenvalue weighted by atomic mass is 10.0. The maximum Gasteiger partial charge on any atom is 0.150 e. The average molecular weight is 394 g/mol. The zero-order valence-corrected chi connectivity index (χ0v) is 16.9. The predicted molar refractivity (Wildman–Crippen MR) is 115 cm³/mol. The lowest BCUT2D eigenvalue weighted by molar-refractivity contribution is -1.11. The van der Waals surface area contributed by atoms with Crippen molar-refractivity contribution < 1.29 is 14.3 Å². The van der Waals surface area contributed by atoms with Crippen LogP contribution in [0.4, 0.5) is 5.69 Å². The van der Waals surface area contributed by atoms with Gasteiger partial charge in [0.15, 0.2) is 0 Å². The summed E-state index contributed by atoms with van der Waals surface area (Å²) in [6.45, 7) is 4.56. The number of nitrogens with zero attached hydrogens (tertiary/aromatic N) is 2. The summed E-state index contributed by atoms with van der Waals surface area (Å²) in [7, 11) is 1.82. The van der Waals surface area contributed by atoms with Crippen LogP contribution >= 0.6 is 11.3 Å². The molecular formula is C23H25N2O2S+. The summed E-state index contributed by atoms with van der Waals surface area (Å²) >= 11 is 1.78. The van der Waals surface area contributed by atoms with Crippen LogP contribution in [0.15, 0.2) is 66.0 Å². The van der Waals surface area contributed by atoms with Gasteiger partial charge in [-0.15, -0.1) is 11.3 Å². The van der Waals surface area contributed by atoms with Gasteiger partial charge in [-0.3, -0.25) is 4.79 Å². The Labute approximate surface area is 170 Å². The standard InChI is InChI=1S/C23H25N2O2S/c1-27-25(17-20-5-2-3-6-22(20)23-7-4-16-28-23)14-12-24(13-15-25)21-10-8-19(18-26)9-11-21/h2-11,16,18H,12-15,17H2,1H3/q+1. The molecule has 3 aromatic rings. The second-order valence-corrected chi connectivity index (χ2v) is 8.12. The average Bonchev–Trinajstić information content (AvgIpc) is 3.29. The van der Waals surface area contributed by atoms with E-state index in [-0.39, 0.29) is 0 Å². The third-order valence-electron chi connectivity index (χ3n) is 5.60. The second kappa shape index (κ2) is 8.27. The van der Waals surface area contributed by atoms with Gasteiger partial charge in [-0.05, 0) is 35.7 Å². The number of quaternary nitrogens is 1. The monoisotopic (exact) mass is 393 g/mol. The minimum atomic E-state index is 0.630. The van der Waals surface area contributed by atoms with E-state index < -0.39 is 0 Å². The van der Waals surface area contributed by atoms with Crippen LogP contribution in [0.5, 0.6) is 0 Å². The van der Waals surface area contributed by atoms with Gasteiger partial charge >= 0.3 is 0 Å². The van der Waals surface area contributed by atoms with Crippen molar-refractivity contribution in [1.29, 1.82) is 0 Å². The number of thiophene rings is 1. The number of carbonyl (C=O) groups excluding carboxylic acids is 1. The van der Waals surface area contributed by atoms with Crippen LogP contribution in [-0.4, -0.2) is 44.2 Å². The zero-order valence-electron chi connectivity index (χ0n) is 16.1. The molecular weight excluding hydrogens is 368 g/mol. The van der Waals surface area contributed by atoms with Gasteiger partial charge < -0.3 is 4.90 Å². The summed E-state index contributed by atoms with van der Waals surface area (Å²) in [4.78, 5) is 20.6. The van der Waals surface area contributed by atoms with Crippen molar-refractivity contribution in [3.63, 3.8) is 0 Å². The first-order chi connectivity index (χ1) is 13.7. The fraction of sp³-hybridized carbons (Fsp3) is 0.261. The lowest BCUT2D eigenvalue weighted by Gasteiger charge is -2.42. The molecule has 4 nitrogen and oxygen atoms in total. The summed E-state index contributed by atoms with van der Waals surface area (Å²) in [5.74, 6) is 0. The van der Waals surface area contributed by atoms with E-state index in [1.165, 1.54) is 21.7 Å². The molecule has 0 spiro atoms. The molecule has 0 N–H and O–H groups in total. The molecule has 2 heterocycles. The van der Waals surface area contributed by atoms with Gasteiger partial charge in [0.1, 0.15) is 25.9 Å². The molecule has 0 amide bonds. The van der Waals surface area contributed by atoms with E-state index >= 15 is 0 Å². The molecule has 0 bridgehead atoms. The Kier molecular flexibility index (Phi) is 5.57. The third-order valence-corrected chi connectivity index (χ3v) is 6.50. The minimum absolute atomic E-state index is 0.630. The van der Waals surface area contributed by atoms with E-state index in [2.05, 4.69) is 46.7 Å². The van der Waals surface area contributed by atoms with Crippen molar-refractivity contribution in [2.75, 3.05) is 38.2 Å². The first-order valence-corrected chi connectivity index (χ1v) is 10.4. The van der Waals surface area contributed by atoms with E-state index in [4.69, 9.17) is 4.84 Å². The normalized spacial score (nSPS) is 16.1. The smallest absolute Gasteiger partial charge is 0.150 e. The lowest BCUT2D eigenvalue weighted by Crippen LogP contribution is -2.58. The van der Waals surface area contributed by atoms with E-state index in [0.29, 0.717) is 10.2 Å². The molecule has 28 heavy (non-hydrogen) atoms. The third kappa shape index (κ3) is 3.87. The Hall–Kier alpha value is -2.47. The molecule has 5 heteroatoms. The maximum atomic E-state index is 10.9. The molecule has 1 aliphatic rings. The van der Waals surface area contributed by atoms with Crippen molar-refractivity contribution in [2.45, 2.75) is 6.54 Å². The molecule has 1 aromatic heterocycles. The highest BCUT2D eigenvalue weighted by Gasteiger charge is 2.35. The summed E-state index contributed by atoms with van der Waals surface area (Å²) in [6.07, 6.45) is 0.887. The molecule has 1 aliphatic heterocycles. The highest BCUT2D eigenvalue weighted by molar-refractivity contribution is 7.13. The molecule has 0 atom stereocenters. The Balaban J connectivity index is 1.50. The maximum absolute atomic E-state index is 10.9. The number of benzene rings is 2. The second-order valence-electron chi connectivity index (χ2n) is 7.18. The van der Waals surface area contributed by atoms with Crippen molar-refractivity contribution >= 4 is 23.3 Å². The summed E-state index contributed by atoms with van der Waals surface area (Å²) in [5.41, 5.74) is 4.51. The van der Waals surface area contributed by atoms with Crippen LogP contribution < -0.4 is 4.90 Å². The van der Waals surface area contributed by atoms with E-state index in [1.54, 1.807) is 11.3 Å². The fourth-order valence-electron chi connectivity index (χ4n) is 3.90. The van der Waals surface area contributed by atoms with Gasteiger partial charge in [0.05, 0.1) is 20.2 Å². The Bertz CT molecular complexity index is 914. The van der Waals surface area contributed by atoms with Crippen LogP contribution in [-0.2, 0) is 11.4 Å². The first kappa shape index (κ1) is 18.9. The molecule has 1 fully saturated rings. The van der Waals surface area contributed by atoms with Crippen LogP contribution in [0.25, 0.3) is 10.4 Å². The number of hydrogen-bond acceptors (Lipinski definition) is 4. The number of anilines is 1. The van der Waals surface area contributed by atoms with Crippen LogP contribution in [0.1, 0.15) is 15.9 Å². The fourth-order valence-corrected chi connectivity index (χ4v) is 4.68. The van der Waals surface area contributed by atoms with Crippen LogP contribution in [0.3, 0.4) is 0 Å². The van der Waals surface area contributed by atoms with Crippen LogP contribution in [0, 0.1) is 0 Å². The molecule has 0 saturated carbocycles. The number of hydrogen-bond donors (Lipinski definition) is 0. The van der Waals surface area contributed by atoms with E-state index in [0.717, 1.165) is 39.0 Å². The van der Waals surface area contributed by atoms with Crippen molar-refractivity contribution in [3.8, 4) is 10.4 Å². The highest BCUT2D eigenvalue weighted by Crippen LogP contribution is 2.31. The number of aldehydes is 1. The van der Waals surface area contributed by atoms with Gasteiger partial charge in [-0.1, -0.05) is 30.3 Å². The highest BCUT2D eigenvalue weighted by atomic mass is 32.1. The van der Waals surface area contributed by atoms with Crippen LogP contribution in [0.2, 0.25) is 0 Å². The molecule has 1 saturated heterocycles. The molecule has 0 aliphatic carbocycles. The minimum Gasteiger partial charge on any atom is -0.360 e.